The van der Waals surface area contributed by atoms with Crippen LogP contribution in [0.2, 0.25) is 0 Å². The van der Waals surface area contributed by atoms with Crippen molar-refractivity contribution in [2.75, 3.05) is 13.7 Å². The summed E-state index contributed by atoms with van der Waals surface area (Å²) in [7, 11) is 1.65. The molecule has 2 aromatic rings. The van der Waals surface area contributed by atoms with Gasteiger partial charge in [0, 0.05) is 26.5 Å². The van der Waals surface area contributed by atoms with Crippen LogP contribution >= 0.6 is 0 Å². The average molecular weight is 291 g/mol. The summed E-state index contributed by atoms with van der Waals surface area (Å²) in [5.41, 5.74) is 0.292. The van der Waals surface area contributed by atoms with Crippen LogP contribution in [0.15, 0.2) is 24.8 Å². The first-order valence-electron chi connectivity index (χ1n) is 6.48. The molecule has 112 valence electrons. The number of ether oxygens (including phenoxy) is 1. The van der Waals surface area contributed by atoms with Gasteiger partial charge in [-0.25, -0.2) is 0 Å². The monoisotopic (exact) mass is 291 g/mol. The standard InChI is InChI=1S/C13H17N5O3/c1-21-4-2-3-18-9-16-17-12(18)8-15-13(20)10-5-11(19)7-14-6-10/h5-7,9,19H,2-4,8H2,1H3,(H,15,20). The van der Waals surface area contributed by atoms with Crippen LogP contribution in [0.4, 0.5) is 0 Å². The Bertz CT molecular complexity index is 599. The second-order valence-electron chi connectivity index (χ2n) is 4.40. The van der Waals surface area contributed by atoms with Gasteiger partial charge in [0.15, 0.2) is 5.82 Å². The molecule has 0 bridgehead atoms. The van der Waals surface area contributed by atoms with Crippen LogP contribution < -0.4 is 5.32 Å². The van der Waals surface area contributed by atoms with Gasteiger partial charge in [0.1, 0.15) is 12.1 Å². The van der Waals surface area contributed by atoms with Crippen molar-refractivity contribution in [3.63, 3.8) is 0 Å². The molecule has 0 aliphatic rings. The quantitative estimate of drug-likeness (QED) is 0.713. The van der Waals surface area contributed by atoms with Crippen molar-refractivity contribution in [2.24, 2.45) is 0 Å². The molecule has 0 spiro atoms. The summed E-state index contributed by atoms with van der Waals surface area (Å²) < 4.78 is 6.85. The van der Waals surface area contributed by atoms with E-state index >= 15 is 0 Å². The number of methoxy groups -OCH3 is 1. The van der Waals surface area contributed by atoms with Crippen molar-refractivity contribution in [1.82, 2.24) is 25.1 Å². The zero-order chi connectivity index (χ0) is 15.1. The smallest absolute Gasteiger partial charge is 0.253 e. The van der Waals surface area contributed by atoms with E-state index < -0.39 is 0 Å². The summed E-state index contributed by atoms with van der Waals surface area (Å²) in [6, 6.07) is 1.35. The molecule has 0 aromatic carbocycles. The molecule has 8 nitrogen and oxygen atoms in total. The maximum atomic E-state index is 11.9. The lowest BCUT2D eigenvalue weighted by Gasteiger charge is -2.07. The van der Waals surface area contributed by atoms with Gasteiger partial charge < -0.3 is 19.7 Å². The highest BCUT2D eigenvalue weighted by molar-refractivity contribution is 5.94. The third kappa shape index (κ3) is 4.25. The Kier molecular flexibility index (Phi) is 5.22. The first-order valence-corrected chi connectivity index (χ1v) is 6.48. The molecule has 0 saturated heterocycles. The van der Waals surface area contributed by atoms with E-state index in [1.807, 2.05) is 4.57 Å². The third-order valence-corrected chi connectivity index (χ3v) is 2.84. The SMILES string of the molecule is COCCCn1cnnc1CNC(=O)c1cncc(O)c1. The number of hydrogen-bond donors (Lipinski definition) is 2. The normalized spacial score (nSPS) is 10.5. The zero-order valence-corrected chi connectivity index (χ0v) is 11.7. The van der Waals surface area contributed by atoms with Crippen molar-refractivity contribution in [3.05, 3.63) is 36.2 Å². The minimum atomic E-state index is -0.329. The fourth-order valence-electron chi connectivity index (χ4n) is 1.80. The largest absolute Gasteiger partial charge is 0.506 e. The van der Waals surface area contributed by atoms with Gasteiger partial charge >= 0.3 is 0 Å². The molecule has 0 saturated carbocycles. The minimum absolute atomic E-state index is 0.0506. The van der Waals surface area contributed by atoms with Gasteiger partial charge in [0.05, 0.1) is 18.3 Å². The van der Waals surface area contributed by atoms with Crippen LogP contribution in [-0.2, 0) is 17.8 Å². The highest BCUT2D eigenvalue weighted by atomic mass is 16.5. The Labute approximate surface area is 121 Å². The number of nitrogens with one attached hydrogen (secondary N) is 1. The van der Waals surface area contributed by atoms with Crippen LogP contribution in [0.25, 0.3) is 0 Å². The summed E-state index contributed by atoms with van der Waals surface area (Å²) >= 11 is 0. The molecule has 0 fully saturated rings. The number of carbonyl (C=O) groups is 1. The Morgan fingerprint density at radius 3 is 3.10 bits per heavy atom. The Morgan fingerprint density at radius 2 is 2.33 bits per heavy atom. The molecule has 21 heavy (non-hydrogen) atoms. The van der Waals surface area contributed by atoms with Crippen LogP contribution in [-0.4, -0.2) is 44.5 Å². The Balaban J connectivity index is 1.91. The van der Waals surface area contributed by atoms with E-state index in [2.05, 4.69) is 20.5 Å². The van der Waals surface area contributed by atoms with Crippen molar-refractivity contribution >= 4 is 5.91 Å². The van der Waals surface area contributed by atoms with Gasteiger partial charge in [-0.15, -0.1) is 10.2 Å². The molecule has 2 N–H and O–H groups in total. The molecule has 0 radical (unpaired) electrons. The molecule has 8 heteroatoms. The highest BCUT2D eigenvalue weighted by Gasteiger charge is 2.09. The summed E-state index contributed by atoms with van der Waals surface area (Å²) in [5.74, 6) is 0.280. The number of rotatable bonds is 7. The van der Waals surface area contributed by atoms with E-state index in [1.54, 1.807) is 13.4 Å². The van der Waals surface area contributed by atoms with Gasteiger partial charge in [-0.3, -0.25) is 9.78 Å². The number of aromatic hydroxyl groups is 1. The highest BCUT2D eigenvalue weighted by Crippen LogP contribution is 2.08. The predicted octanol–water partition coefficient (Wildman–Crippen LogP) is 0.345. The van der Waals surface area contributed by atoms with Gasteiger partial charge in [0.25, 0.3) is 5.91 Å². The number of carbonyl (C=O) groups excluding carboxylic acids is 1. The van der Waals surface area contributed by atoms with E-state index in [1.165, 1.54) is 18.5 Å². The van der Waals surface area contributed by atoms with E-state index in [9.17, 15) is 9.90 Å². The fourth-order valence-corrected chi connectivity index (χ4v) is 1.80. The first kappa shape index (κ1) is 14.9. The minimum Gasteiger partial charge on any atom is -0.506 e. The topological polar surface area (TPSA) is 102 Å². The van der Waals surface area contributed by atoms with E-state index in [-0.39, 0.29) is 18.2 Å². The molecule has 2 aromatic heterocycles. The molecular formula is C13H17N5O3. The lowest BCUT2D eigenvalue weighted by atomic mass is 10.2. The maximum Gasteiger partial charge on any atom is 0.253 e. The average Bonchev–Trinajstić information content (AvgIpc) is 2.92. The van der Waals surface area contributed by atoms with Crippen LogP contribution in [0.5, 0.6) is 5.75 Å². The second-order valence-corrected chi connectivity index (χ2v) is 4.40. The zero-order valence-electron chi connectivity index (χ0n) is 11.7. The van der Waals surface area contributed by atoms with E-state index in [0.29, 0.717) is 18.0 Å². The van der Waals surface area contributed by atoms with E-state index in [0.717, 1.165) is 13.0 Å². The lowest BCUT2D eigenvalue weighted by molar-refractivity contribution is 0.0948. The molecule has 0 atom stereocenters. The van der Waals surface area contributed by atoms with Gasteiger partial charge in [-0.1, -0.05) is 0 Å². The molecule has 2 heterocycles. The fraction of sp³-hybridized carbons (Fsp3) is 0.385. The number of aryl methyl sites for hydroxylation is 1. The summed E-state index contributed by atoms with van der Waals surface area (Å²) in [6.07, 6.45) is 5.11. The number of hydrogen-bond acceptors (Lipinski definition) is 6. The van der Waals surface area contributed by atoms with Crippen molar-refractivity contribution in [1.29, 1.82) is 0 Å². The molecule has 2 rings (SSSR count). The van der Waals surface area contributed by atoms with E-state index in [4.69, 9.17) is 4.74 Å². The van der Waals surface area contributed by atoms with Crippen LogP contribution in [0.3, 0.4) is 0 Å². The number of pyridine rings is 1. The van der Waals surface area contributed by atoms with Crippen LogP contribution in [0.1, 0.15) is 22.6 Å². The lowest BCUT2D eigenvalue weighted by Crippen LogP contribution is -2.25. The number of amides is 1. The summed E-state index contributed by atoms with van der Waals surface area (Å²) in [6.45, 7) is 1.63. The van der Waals surface area contributed by atoms with Crippen molar-refractivity contribution < 1.29 is 14.6 Å². The molecule has 0 aliphatic heterocycles. The summed E-state index contributed by atoms with van der Waals surface area (Å²) in [4.78, 5) is 15.7. The number of nitrogens with zero attached hydrogens (tertiary/aromatic N) is 4. The molecule has 1 amide bonds. The van der Waals surface area contributed by atoms with Gasteiger partial charge in [-0.05, 0) is 12.5 Å². The van der Waals surface area contributed by atoms with Gasteiger partial charge in [-0.2, -0.15) is 0 Å². The molecular weight excluding hydrogens is 274 g/mol. The first-order chi connectivity index (χ1) is 10.2. The second kappa shape index (κ2) is 7.34. The van der Waals surface area contributed by atoms with Crippen molar-refractivity contribution in [2.45, 2.75) is 19.5 Å². The maximum absolute atomic E-state index is 11.9. The molecule has 0 aliphatic carbocycles. The van der Waals surface area contributed by atoms with Crippen molar-refractivity contribution in [3.8, 4) is 5.75 Å². The third-order valence-electron chi connectivity index (χ3n) is 2.84. The van der Waals surface area contributed by atoms with Gasteiger partial charge in [0.2, 0.25) is 0 Å². The van der Waals surface area contributed by atoms with Crippen LogP contribution in [0, 0.1) is 0 Å². The number of aromatic nitrogens is 4. The Hall–Kier alpha value is -2.48. The predicted molar refractivity (Wildman–Crippen MR) is 73.6 cm³/mol. The summed E-state index contributed by atoms with van der Waals surface area (Å²) in [5, 5.41) is 19.8. The Morgan fingerprint density at radius 1 is 1.48 bits per heavy atom. The molecule has 0 unspecified atom stereocenters.